The lowest BCUT2D eigenvalue weighted by Crippen LogP contribution is -2.00. The van der Waals surface area contributed by atoms with Crippen LogP contribution in [0.25, 0.3) is 110 Å². The molecule has 0 saturated heterocycles. The number of aromatic nitrogens is 4. The van der Waals surface area contributed by atoms with Crippen molar-refractivity contribution < 1.29 is 8.83 Å². The number of rotatable bonds is 5. The predicted octanol–water partition coefficient (Wildman–Crippen LogP) is 12.6. The molecule has 0 atom stereocenters. The van der Waals surface area contributed by atoms with E-state index in [-0.39, 0.29) is 0 Å². The standard InChI is InChI=1S/C46H26N4O2S/c1-2-10-28(11-3-1)43-48-44(30-24-25-38-35(26-30)32-12-4-6-17-37(32)51-38)50-45(49-43)34-15-9-18-39-41(34)33-14-8-13-31(42(33)52-39)27-20-22-29(23-21-27)46-47-36-16-5-7-19-40(36)53-46/h1-26H. The summed E-state index contributed by atoms with van der Waals surface area (Å²) in [6.45, 7) is 0. The Labute approximate surface area is 306 Å². The Morgan fingerprint density at radius 2 is 1.06 bits per heavy atom. The smallest absolute Gasteiger partial charge is 0.164 e. The second-order valence-corrected chi connectivity index (χ2v) is 14.0. The van der Waals surface area contributed by atoms with Crippen LogP contribution in [0.5, 0.6) is 0 Å². The van der Waals surface area contributed by atoms with Gasteiger partial charge in [0.15, 0.2) is 17.5 Å². The van der Waals surface area contributed by atoms with Gasteiger partial charge in [-0.2, -0.15) is 0 Å². The molecular formula is C46H26N4O2S. The monoisotopic (exact) mass is 698 g/mol. The van der Waals surface area contributed by atoms with Gasteiger partial charge in [0.1, 0.15) is 27.3 Å². The molecule has 0 aliphatic rings. The third-order valence-corrected chi connectivity index (χ3v) is 10.9. The average molecular weight is 699 g/mol. The molecule has 0 spiro atoms. The van der Waals surface area contributed by atoms with Gasteiger partial charge in [0.2, 0.25) is 0 Å². The van der Waals surface area contributed by atoms with Crippen molar-refractivity contribution in [2.75, 3.05) is 0 Å². The van der Waals surface area contributed by atoms with Gasteiger partial charge in [0.25, 0.3) is 0 Å². The molecule has 4 heterocycles. The second-order valence-electron chi connectivity index (χ2n) is 13.0. The van der Waals surface area contributed by atoms with Gasteiger partial charge < -0.3 is 8.83 Å². The highest BCUT2D eigenvalue weighted by Crippen LogP contribution is 2.41. The second kappa shape index (κ2) is 11.8. The van der Waals surface area contributed by atoms with Crippen molar-refractivity contribution in [3.8, 4) is 55.9 Å². The number of hydrogen-bond acceptors (Lipinski definition) is 7. The summed E-state index contributed by atoms with van der Waals surface area (Å²) < 4.78 is 14.0. The van der Waals surface area contributed by atoms with Gasteiger partial charge in [-0.05, 0) is 48.0 Å². The summed E-state index contributed by atoms with van der Waals surface area (Å²) in [7, 11) is 0. The van der Waals surface area contributed by atoms with Crippen LogP contribution in [0, 0.1) is 0 Å². The van der Waals surface area contributed by atoms with Crippen molar-refractivity contribution in [2.24, 2.45) is 0 Å². The highest BCUT2D eigenvalue weighted by Gasteiger charge is 2.20. The molecule has 0 bridgehead atoms. The summed E-state index contributed by atoms with van der Waals surface area (Å²) in [5.74, 6) is 1.76. The molecule has 0 aliphatic heterocycles. The maximum absolute atomic E-state index is 6.67. The van der Waals surface area contributed by atoms with Crippen LogP contribution in [0.2, 0.25) is 0 Å². The number of hydrogen-bond donors (Lipinski definition) is 0. The summed E-state index contributed by atoms with van der Waals surface area (Å²) in [6, 6.07) is 53.5. The molecule has 11 rings (SSSR count). The van der Waals surface area contributed by atoms with Crippen molar-refractivity contribution in [2.45, 2.75) is 0 Å². The van der Waals surface area contributed by atoms with E-state index in [1.54, 1.807) is 11.3 Å². The molecule has 11 aromatic rings. The number of thiazole rings is 1. The van der Waals surface area contributed by atoms with Gasteiger partial charge in [-0.3, -0.25) is 0 Å². The zero-order valence-electron chi connectivity index (χ0n) is 28.0. The highest BCUT2D eigenvalue weighted by molar-refractivity contribution is 7.21. The van der Waals surface area contributed by atoms with E-state index in [1.807, 2.05) is 78.9 Å². The molecule has 0 saturated carbocycles. The van der Waals surface area contributed by atoms with E-state index in [1.165, 1.54) is 4.70 Å². The van der Waals surface area contributed by atoms with Crippen molar-refractivity contribution in [1.82, 2.24) is 19.9 Å². The lowest BCUT2D eigenvalue weighted by atomic mass is 9.99. The van der Waals surface area contributed by atoms with Crippen molar-refractivity contribution >= 4 is 65.4 Å². The maximum Gasteiger partial charge on any atom is 0.164 e. The third kappa shape index (κ3) is 4.93. The molecule has 4 aromatic heterocycles. The molecule has 7 aromatic carbocycles. The van der Waals surface area contributed by atoms with Gasteiger partial charge in [0.05, 0.1) is 10.2 Å². The Morgan fingerprint density at radius 3 is 1.94 bits per heavy atom. The van der Waals surface area contributed by atoms with Crippen molar-refractivity contribution in [3.63, 3.8) is 0 Å². The molecule has 6 nitrogen and oxygen atoms in total. The van der Waals surface area contributed by atoms with Gasteiger partial charge in [-0.25, -0.2) is 19.9 Å². The van der Waals surface area contributed by atoms with Crippen LogP contribution in [-0.2, 0) is 0 Å². The molecule has 0 unspecified atom stereocenters. The van der Waals surface area contributed by atoms with E-state index in [4.69, 9.17) is 28.8 Å². The fourth-order valence-electron chi connectivity index (χ4n) is 7.26. The molecule has 0 aliphatic carbocycles. The Hall–Kier alpha value is -6.96. The van der Waals surface area contributed by atoms with Crippen LogP contribution < -0.4 is 0 Å². The van der Waals surface area contributed by atoms with Gasteiger partial charge in [0, 0.05) is 49.4 Å². The molecular weight excluding hydrogens is 673 g/mol. The number of benzene rings is 7. The van der Waals surface area contributed by atoms with E-state index in [2.05, 4.69) is 78.9 Å². The lowest BCUT2D eigenvalue weighted by Gasteiger charge is -2.09. The summed E-state index contributed by atoms with van der Waals surface area (Å²) >= 11 is 1.71. The molecule has 0 amide bonds. The SMILES string of the molecule is c1ccc(-c2nc(-c3ccc4oc5ccccc5c4c3)nc(-c3cccc4oc5c(-c6ccc(-c7nc8ccccc8s7)cc6)cccc5c34)n2)cc1. The lowest BCUT2D eigenvalue weighted by molar-refractivity contribution is 0.669. The topological polar surface area (TPSA) is 77.8 Å². The van der Waals surface area contributed by atoms with Gasteiger partial charge in [-0.15, -0.1) is 11.3 Å². The summed E-state index contributed by atoms with van der Waals surface area (Å²) in [5.41, 5.74) is 10.1. The van der Waals surface area contributed by atoms with E-state index in [0.717, 1.165) is 87.8 Å². The number of furan rings is 2. The average Bonchev–Trinajstić information content (AvgIpc) is 3.94. The van der Waals surface area contributed by atoms with Crippen LogP contribution in [-0.4, -0.2) is 19.9 Å². The predicted molar refractivity (Wildman–Crippen MR) is 215 cm³/mol. The molecule has 248 valence electrons. The van der Waals surface area contributed by atoms with E-state index >= 15 is 0 Å². The minimum Gasteiger partial charge on any atom is -0.456 e. The summed E-state index contributed by atoms with van der Waals surface area (Å²) in [6.07, 6.45) is 0. The van der Waals surface area contributed by atoms with Crippen LogP contribution in [0.4, 0.5) is 0 Å². The zero-order valence-corrected chi connectivity index (χ0v) is 28.8. The van der Waals surface area contributed by atoms with E-state index in [0.29, 0.717) is 17.5 Å². The van der Waals surface area contributed by atoms with Crippen molar-refractivity contribution in [1.29, 1.82) is 0 Å². The largest absolute Gasteiger partial charge is 0.456 e. The molecule has 0 N–H and O–H groups in total. The van der Waals surface area contributed by atoms with Crippen molar-refractivity contribution in [3.05, 3.63) is 158 Å². The van der Waals surface area contributed by atoms with E-state index in [9.17, 15) is 0 Å². The maximum atomic E-state index is 6.67. The zero-order chi connectivity index (χ0) is 34.9. The first kappa shape index (κ1) is 29.7. The van der Waals surface area contributed by atoms with Crippen LogP contribution in [0.1, 0.15) is 0 Å². The Morgan fingerprint density at radius 1 is 0.396 bits per heavy atom. The van der Waals surface area contributed by atoms with Crippen LogP contribution in [0.3, 0.4) is 0 Å². The quantitative estimate of drug-likeness (QED) is 0.178. The fraction of sp³-hybridized carbons (Fsp3) is 0. The Kier molecular flexibility index (Phi) is 6.62. The molecule has 0 fully saturated rings. The first-order valence-electron chi connectivity index (χ1n) is 17.4. The summed E-state index contributed by atoms with van der Waals surface area (Å²) in [5, 5.41) is 5.04. The fourth-order valence-corrected chi connectivity index (χ4v) is 8.23. The highest BCUT2D eigenvalue weighted by atomic mass is 32.1. The molecule has 7 heteroatoms. The van der Waals surface area contributed by atoms with Gasteiger partial charge >= 0.3 is 0 Å². The number of nitrogens with zero attached hydrogens (tertiary/aromatic N) is 4. The van der Waals surface area contributed by atoms with Crippen LogP contribution >= 0.6 is 11.3 Å². The normalized spacial score (nSPS) is 11.8. The molecule has 53 heavy (non-hydrogen) atoms. The van der Waals surface area contributed by atoms with Crippen LogP contribution in [0.15, 0.2) is 167 Å². The van der Waals surface area contributed by atoms with E-state index < -0.39 is 0 Å². The number of fused-ring (bicyclic) bond motifs is 7. The Bertz CT molecular complexity index is 3150. The first-order chi connectivity index (χ1) is 26.2. The molecule has 0 radical (unpaired) electrons. The third-order valence-electron chi connectivity index (χ3n) is 9.80. The van der Waals surface area contributed by atoms with Gasteiger partial charge in [-0.1, -0.05) is 115 Å². The first-order valence-corrected chi connectivity index (χ1v) is 18.2. The summed E-state index contributed by atoms with van der Waals surface area (Å²) in [4.78, 5) is 20.1. The minimum absolute atomic E-state index is 0.574. The minimum atomic E-state index is 0.574. The Balaban J connectivity index is 1.06. The number of para-hydroxylation sites is 3.